The number of benzene rings is 1. The number of halogens is 3. The van der Waals surface area contributed by atoms with Gasteiger partial charge in [0.05, 0.1) is 24.3 Å². The van der Waals surface area contributed by atoms with Gasteiger partial charge in [-0.2, -0.15) is 13.2 Å². The first kappa shape index (κ1) is 16.4. The van der Waals surface area contributed by atoms with Crippen molar-refractivity contribution in [1.82, 2.24) is 9.88 Å². The van der Waals surface area contributed by atoms with Crippen molar-refractivity contribution in [2.45, 2.75) is 12.3 Å². The van der Waals surface area contributed by atoms with Crippen LogP contribution in [0.3, 0.4) is 0 Å². The largest absolute Gasteiger partial charge is 0.416 e. The Morgan fingerprint density at radius 3 is 2.71 bits per heavy atom. The van der Waals surface area contributed by atoms with Crippen LogP contribution in [0.15, 0.2) is 48.8 Å². The molecule has 1 saturated heterocycles. The summed E-state index contributed by atoms with van der Waals surface area (Å²) in [5.41, 5.74) is -0.276. The van der Waals surface area contributed by atoms with Crippen LogP contribution >= 0.6 is 0 Å². The first-order valence-electron chi connectivity index (χ1n) is 7.44. The maximum atomic E-state index is 13.2. The molecule has 1 aromatic carbocycles. The third kappa shape index (κ3) is 3.41. The highest BCUT2D eigenvalue weighted by molar-refractivity contribution is 5.93. The lowest BCUT2D eigenvalue weighted by molar-refractivity contribution is -0.140. The highest BCUT2D eigenvalue weighted by Gasteiger charge is 2.37. The van der Waals surface area contributed by atoms with Crippen molar-refractivity contribution in [3.05, 3.63) is 65.5 Å². The van der Waals surface area contributed by atoms with Gasteiger partial charge in [-0.3, -0.25) is 9.78 Å². The number of rotatable bonds is 2. The number of alkyl halides is 3. The molecule has 1 aliphatic rings. The highest BCUT2D eigenvalue weighted by Crippen LogP contribution is 2.36. The number of hydrogen-bond acceptors (Lipinski definition) is 3. The van der Waals surface area contributed by atoms with Crippen molar-refractivity contribution >= 4 is 5.91 Å². The summed E-state index contributed by atoms with van der Waals surface area (Å²) in [5.74, 6) is -0.263. The average molecular weight is 336 g/mol. The van der Waals surface area contributed by atoms with Crippen molar-refractivity contribution in [2.24, 2.45) is 0 Å². The quantitative estimate of drug-likeness (QED) is 0.845. The van der Waals surface area contributed by atoms with Gasteiger partial charge in [-0.1, -0.05) is 18.2 Å². The molecule has 1 aliphatic heterocycles. The van der Waals surface area contributed by atoms with Gasteiger partial charge in [0.2, 0.25) is 0 Å². The molecule has 4 nitrogen and oxygen atoms in total. The van der Waals surface area contributed by atoms with Gasteiger partial charge in [0.15, 0.2) is 0 Å². The first-order valence-corrected chi connectivity index (χ1v) is 7.44. The highest BCUT2D eigenvalue weighted by atomic mass is 19.4. The molecule has 126 valence electrons. The van der Waals surface area contributed by atoms with E-state index in [2.05, 4.69) is 4.98 Å². The zero-order valence-corrected chi connectivity index (χ0v) is 12.7. The Bertz CT molecular complexity index is 719. The van der Waals surface area contributed by atoms with Crippen LogP contribution in [0.1, 0.15) is 27.6 Å². The molecule has 2 heterocycles. The number of pyridine rings is 1. The maximum absolute atomic E-state index is 13.2. The second-order valence-electron chi connectivity index (χ2n) is 5.44. The summed E-state index contributed by atoms with van der Waals surface area (Å²) in [4.78, 5) is 17.9. The van der Waals surface area contributed by atoms with Gasteiger partial charge in [0.25, 0.3) is 5.91 Å². The van der Waals surface area contributed by atoms with Crippen molar-refractivity contribution in [3.63, 3.8) is 0 Å². The van der Waals surface area contributed by atoms with Crippen molar-refractivity contribution < 1.29 is 22.7 Å². The standard InChI is InChI=1S/C17H15F3N2O2/c18-17(19,20)14-6-2-1-5-13(14)15-11-22(8-9-24-15)16(23)12-4-3-7-21-10-12/h1-7,10,15H,8-9,11H2/t15-/m1/s1. The molecule has 24 heavy (non-hydrogen) atoms. The SMILES string of the molecule is O=C(c1cccnc1)N1CCO[C@@H](c2ccccc2C(F)(F)F)C1. The smallest absolute Gasteiger partial charge is 0.370 e. The monoisotopic (exact) mass is 336 g/mol. The molecule has 0 N–H and O–H groups in total. The molecule has 0 bridgehead atoms. The van der Waals surface area contributed by atoms with E-state index in [1.165, 1.54) is 29.3 Å². The zero-order chi connectivity index (χ0) is 17.2. The normalized spacial score (nSPS) is 18.5. The van der Waals surface area contributed by atoms with Crippen LogP contribution in [0, 0.1) is 0 Å². The molecule has 1 amide bonds. The van der Waals surface area contributed by atoms with Crippen LogP contribution in [-0.2, 0) is 10.9 Å². The van der Waals surface area contributed by atoms with E-state index in [0.29, 0.717) is 12.1 Å². The van der Waals surface area contributed by atoms with E-state index in [9.17, 15) is 18.0 Å². The number of amides is 1. The Labute approximate surface area is 136 Å². The van der Waals surface area contributed by atoms with E-state index >= 15 is 0 Å². The zero-order valence-electron chi connectivity index (χ0n) is 12.7. The van der Waals surface area contributed by atoms with Gasteiger partial charge in [0.1, 0.15) is 6.10 Å². The number of aromatic nitrogens is 1. The topological polar surface area (TPSA) is 42.4 Å². The molecular formula is C17H15F3N2O2. The lowest BCUT2D eigenvalue weighted by Gasteiger charge is -2.34. The molecule has 1 aromatic heterocycles. The number of carbonyl (C=O) groups excluding carboxylic acids is 1. The Morgan fingerprint density at radius 1 is 1.21 bits per heavy atom. The Balaban J connectivity index is 1.83. The maximum Gasteiger partial charge on any atom is 0.416 e. The molecule has 1 fully saturated rings. The molecular weight excluding hydrogens is 321 g/mol. The van der Waals surface area contributed by atoms with Crippen LogP contribution in [0.4, 0.5) is 13.2 Å². The molecule has 0 spiro atoms. The van der Waals surface area contributed by atoms with E-state index in [4.69, 9.17) is 4.74 Å². The Hall–Kier alpha value is -2.41. The van der Waals surface area contributed by atoms with Crippen LogP contribution in [0.5, 0.6) is 0 Å². The predicted molar refractivity (Wildman–Crippen MR) is 80.3 cm³/mol. The third-order valence-corrected chi connectivity index (χ3v) is 3.88. The van der Waals surface area contributed by atoms with E-state index < -0.39 is 17.8 Å². The van der Waals surface area contributed by atoms with Gasteiger partial charge in [-0.05, 0) is 23.8 Å². The minimum Gasteiger partial charge on any atom is -0.370 e. The summed E-state index contributed by atoms with van der Waals surface area (Å²) in [6, 6.07) is 8.57. The number of hydrogen-bond donors (Lipinski definition) is 0. The first-order chi connectivity index (χ1) is 11.5. The Kier molecular flexibility index (Phi) is 4.53. The minimum atomic E-state index is -4.46. The van der Waals surface area contributed by atoms with Gasteiger partial charge in [-0.25, -0.2) is 0 Å². The molecule has 7 heteroatoms. The minimum absolute atomic E-state index is 0.0497. The fraction of sp³-hybridized carbons (Fsp3) is 0.294. The summed E-state index contributed by atoms with van der Waals surface area (Å²) in [6.45, 7) is 0.585. The summed E-state index contributed by atoms with van der Waals surface area (Å²) < 4.78 is 45.0. The van der Waals surface area contributed by atoms with E-state index in [1.54, 1.807) is 18.3 Å². The molecule has 3 rings (SSSR count). The second-order valence-corrected chi connectivity index (χ2v) is 5.44. The lowest BCUT2D eigenvalue weighted by atomic mass is 10.0. The van der Waals surface area contributed by atoms with E-state index in [1.807, 2.05) is 0 Å². The summed E-state index contributed by atoms with van der Waals surface area (Å²) in [7, 11) is 0. The molecule has 0 aliphatic carbocycles. The predicted octanol–water partition coefficient (Wildman–Crippen LogP) is 3.31. The number of nitrogens with zero attached hydrogens (tertiary/aromatic N) is 2. The fourth-order valence-corrected chi connectivity index (χ4v) is 2.73. The van der Waals surface area contributed by atoms with Crippen molar-refractivity contribution in [3.8, 4) is 0 Å². The summed E-state index contributed by atoms with van der Waals surface area (Å²) >= 11 is 0. The van der Waals surface area contributed by atoms with Gasteiger partial charge in [0, 0.05) is 18.9 Å². The van der Waals surface area contributed by atoms with Gasteiger partial charge >= 0.3 is 6.18 Å². The molecule has 2 aromatic rings. The molecule has 1 atom stereocenters. The van der Waals surface area contributed by atoms with Crippen LogP contribution in [0.25, 0.3) is 0 Å². The molecule has 0 saturated carbocycles. The summed E-state index contributed by atoms with van der Waals surface area (Å²) in [5, 5.41) is 0. The van der Waals surface area contributed by atoms with Crippen LogP contribution in [0.2, 0.25) is 0 Å². The number of ether oxygens (including phenoxy) is 1. The van der Waals surface area contributed by atoms with Gasteiger partial charge < -0.3 is 9.64 Å². The second kappa shape index (κ2) is 6.60. The third-order valence-electron chi connectivity index (χ3n) is 3.88. The number of morpholine rings is 1. The molecule has 0 radical (unpaired) electrons. The van der Waals surface area contributed by atoms with E-state index in [0.717, 1.165) is 6.07 Å². The van der Waals surface area contributed by atoms with Crippen molar-refractivity contribution in [2.75, 3.05) is 19.7 Å². The van der Waals surface area contributed by atoms with Crippen molar-refractivity contribution in [1.29, 1.82) is 0 Å². The number of carbonyl (C=O) groups is 1. The lowest BCUT2D eigenvalue weighted by Crippen LogP contribution is -2.42. The molecule has 0 unspecified atom stereocenters. The van der Waals surface area contributed by atoms with E-state index in [-0.39, 0.29) is 24.6 Å². The van der Waals surface area contributed by atoms with Crippen LogP contribution in [-0.4, -0.2) is 35.5 Å². The van der Waals surface area contributed by atoms with Gasteiger partial charge in [-0.15, -0.1) is 0 Å². The average Bonchev–Trinajstić information content (AvgIpc) is 2.61. The Morgan fingerprint density at radius 2 is 2.00 bits per heavy atom. The van der Waals surface area contributed by atoms with Crippen LogP contribution < -0.4 is 0 Å². The fourth-order valence-electron chi connectivity index (χ4n) is 2.73. The summed E-state index contributed by atoms with van der Waals surface area (Å²) in [6.07, 6.45) is -2.28.